The SMILES string of the molecule is CSC1CCCCC1NC(=O)N1CCOCC1CC(=O)O. The van der Waals surface area contributed by atoms with Crippen LogP contribution in [0.2, 0.25) is 0 Å². The highest BCUT2D eigenvalue weighted by atomic mass is 32.2. The van der Waals surface area contributed by atoms with Gasteiger partial charge < -0.3 is 20.1 Å². The molecule has 120 valence electrons. The van der Waals surface area contributed by atoms with E-state index in [1.165, 1.54) is 6.42 Å². The molecule has 7 heteroatoms. The lowest BCUT2D eigenvalue weighted by molar-refractivity contribution is -0.139. The number of amides is 2. The van der Waals surface area contributed by atoms with Crippen LogP contribution in [0.4, 0.5) is 4.79 Å². The maximum Gasteiger partial charge on any atom is 0.318 e. The zero-order valence-electron chi connectivity index (χ0n) is 12.4. The zero-order chi connectivity index (χ0) is 15.2. The minimum Gasteiger partial charge on any atom is -0.481 e. The molecule has 0 aromatic carbocycles. The van der Waals surface area contributed by atoms with Crippen LogP contribution in [-0.2, 0) is 9.53 Å². The summed E-state index contributed by atoms with van der Waals surface area (Å²) in [5.74, 6) is -0.900. The normalized spacial score (nSPS) is 30.0. The molecule has 1 saturated carbocycles. The van der Waals surface area contributed by atoms with Crippen LogP contribution in [0.1, 0.15) is 32.1 Å². The third-order valence-electron chi connectivity index (χ3n) is 4.21. The first-order valence-corrected chi connectivity index (χ1v) is 8.80. The third-order valence-corrected chi connectivity index (χ3v) is 5.38. The highest BCUT2D eigenvalue weighted by Crippen LogP contribution is 2.27. The molecular weight excluding hydrogens is 292 g/mol. The van der Waals surface area contributed by atoms with E-state index >= 15 is 0 Å². The van der Waals surface area contributed by atoms with Gasteiger partial charge in [0.15, 0.2) is 0 Å². The van der Waals surface area contributed by atoms with Gasteiger partial charge in [0, 0.05) is 17.8 Å². The number of carbonyl (C=O) groups is 2. The first kappa shape index (κ1) is 16.4. The van der Waals surface area contributed by atoms with Crippen LogP contribution in [0.3, 0.4) is 0 Å². The number of hydrogen-bond donors (Lipinski definition) is 2. The van der Waals surface area contributed by atoms with Gasteiger partial charge >= 0.3 is 12.0 Å². The van der Waals surface area contributed by atoms with E-state index < -0.39 is 5.97 Å². The number of thioether (sulfide) groups is 1. The molecule has 0 spiro atoms. The molecule has 21 heavy (non-hydrogen) atoms. The third kappa shape index (κ3) is 4.51. The van der Waals surface area contributed by atoms with Crippen LogP contribution in [-0.4, -0.2) is 65.4 Å². The van der Waals surface area contributed by atoms with Crippen molar-refractivity contribution in [3.8, 4) is 0 Å². The number of ether oxygens (including phenoxy) is 1. The molecule has 0 bridgehead atoms. The van der Waals surface area contributed by atoms with Crippen molar-refractivity contribution in [2.45, 2.75) is 49.4 Å². The second-order valence-electron chi connectivity index (χ2n) is 5.63. The summed E-state index contributed by atoms with van der Waals surface area (Å²) in [6.07, 6.45) is 6.51. The van der Waals surface area contributed by atoms with Gasteiger partial charge in [-0.25, -0.2) is 4.79 Å². The molecule has 1 saturated heterocycles. The number of urea groups is 1. The van der Waals surface area contributed by atoms with Crippen LogP contribution >= 0.6 is 11.8 Å². The summed E-state index contributed by atoms with van der Waals surface area (Å²) in [7, 11) is 0. The molecule has 2 N–H and O–H groups in total. The molecule has 3 unspecified atom stereocenters. The van der Waals surface area contributed by atoms with E-state index in [0.717, 1.165) is 19.3 Å². The average molecular weight is 316 g/mol. The van der Waals surface area contributed by atoms with Crippen molar-refractivity contribution in [1.82, 2.24) is 10.2 Å². The Morgan fingerprint density at radius 1 is 1.38 bits per heavy atom. The monoisotopic (exact) mass is 316 g/mol. The molecule has 0 aromatic rings. The number of aliphatic carboxylic acids is 1. The van der Waals surface area contributed by atoms with Crippen molar-refractivity contribution in [1.29, 1.82) is 0 Å². The molecule has 0 radical (unpaired) electrons. The van der Waals surface area contributed by atoms with Gasteiger partial charge in [-0.05, 0) is 19.1 Å². The lowest BCUT2D eigenvalue weighted by atomic mass is 9.95. The Labute approximate surface area is 129 Å². The number of carbonyl (C=O) groups excluding carboxylic acids is 1. The maximum atomic E-state index is 12.5. The molecule has 0 aromatic heterocycles. The topological polar surface area (TPSA) is 78.9 Å². The van der Waals surface area contributed by atoms with Gasteiger partial charge in [-0.3, -0.25) is 4.79 Å². The summed E-state index contributed by atoms with van der Waals surface area (Å²) in [5.41, 5.74) is 0. The fourth-order valence-electron chi connectivity index (χ4n) is 3.08. The van der Waals surface area contributed by atoms with Crippen molar-refractivity contribution >= 4 is 23.8 Å². The van der Waals surface area contributed by atoms with Gasteiger partial charge in [0.25, 0.3) is 0 Å². The van der Waals surface area contributed by atoms with E-state index in [-0.39, 0.29) is 24.5 Å². The first-order valence-electron chi connectivity index (χ1n) is 7.51. The zero-order valence-corrected chi connectivity index (χ0v) is 13.2. The molecule has 1 aliphatic carbocycles. The fourth-order valence-corrected chi connectivity index (χ4v) is 4.01. The van der Waals surface area contributed by atoms with Gasteiger partial charge in [-0.1, -0.05) is 12.8 Å². The molecule has 2 aliphatic rings. The predicted octanol–water partition coefficient (Wildman–Crippen LogP) is 1.55. The molecular formula is C14H24N2O4S. The highest BCUT2D eigenvalue weighted by Gasteiger charge is 2.32. The fraction of sp³-hybridized carbons (Fsp3) is 0.857. The summed E-state index contributed by atoms with van der Waals surface area (Å²) in [6.45, 7) is 1.23. The Bertz CT molecular complexity index is 380. The molecule has 3 atom stereocenters. The minimum absolute atomic E-state index is 0.0654. The van der Waals surface area contributed by atoms with Crippen LogP contribution < -0.4 is 5.32 Å². The van der Waals surface area contributed by atoms with E-state index in [2.05, 4.69) is 11.6 Å². The Balaban J connectivity index is 1.94. The van der Waals surface area contributed by atoms with E-state index in [9.17, 15) is 9.59 Å². The summed E-state index contributed by atoms with van der Waals surface area (Å²) in [6, 6.07) is -0.322. The van der Waals surface area contributed by atoms with Crippen LogP contribution in [0, 0.1) is 0 Å². The summed E-state index contributed by atoms with van der Waals surface area (Å²) in [4.78, 5) is 25.0. The summed E-state index contributed by atoms with van der Waals surface area (Å²) < 4.78 is 5.31. The molecule has 1 aliphatic heterocycles. The van der Waals surface area contributed by atoms with E-state index in [4.69, 9.17) is 9.84 Å². The number of carboxylic acid groups (broad SMARTS) is 1. The van der Waals surface area contributed by atoms with Gasteiger partial charge in [-0.15, -0.1) is 0 Å². The molecule has 1 heterocycles. The Morgan fingerprint density at radius 3 is 2.86 bits per heavy atom. The summed E-state index contributed by atoms with van der Waals surface area (Å²) >= 11 is 1.80. The first-order chi connectivity index (χ1) is 10.1. The minimum atomic E-state index is -0.900. The second kappa shape index (κ2) is 7.89. The van der Waals surface area contributed by atoms with E-state index in [1.54, 1.807) is 16.7 Å². The average Bonchev–Trinajstić information content (AvgIpc) is 2.47. The number of nitrogens with one attached hydrogen (secondary N) is 1. The van der Waals surface area contributed by atoms with Gasteiger partial charge in [-0.2, -0.15) is 11.8 Å². The van der Waals surface area contributed by atoms with Gasteiger partial charge in [0.1, 0.15) is 0 Å². The Morgan fingerprint density at radius 2 is 2.14 bits per heavy atom. The molecule has 2 rings (SSSR count). The quantitative estimate of drug-likeness (QED) is 0.822. The Hall–Kier alpha value is -0.950. The summed E-state index contributed by atoms with van der Waals surface area (Å²) in [5, 5.41) is 12.5. The number of carboxylic acids is 1. The molecule has 2 fully saturated rings. The van der Waals surface area contributed by atoms with E-state index in [1.807, 2.05) is 0 Å². The number of rotatable bonds is 4. The molecule has 2 amide bonds. The lowest BCUT2D eigenvalue weighted by Gasteiger charge is -2.38. The predicted molar refractivity (Wildman–Crippen MR) is 81.7 cm³/mol. The number of hydrogen-bond acceptors (Lipinski definition) is 4. The van der Waals surface area contributed by atoms with Crippen molar-refractivity contribution in [3.05, 3.63) is 0 Å². The standard InChI is InChI=1S/C14H24N2O4S/c1-21-12-5-3-2-4-11(12)15-14(19)16-6-7-20-9-10(16)8-13(17)18/h10-12H,2-9H2,1H3,(H,15,19)(H,17,18). The van der Waals surface area contributed by atoms with Crippen LogP contribution in [0.25, 0.3) is 0 Å². The largest absolute Gasteiger partial charge is 0.481 e. The van der Waals surface area contributed by atoms with Crippen LogP contribution in [0.5, 0.6) is 0 Å². The lowest BCUT2D eigenvalue weighted by Crippen LogP contribution is -2.56. The second-order valence-corrected chi connectivity index (χ2v) is 6.71. The van der Waals surface area contributed by atoms with Gasteiger partial charge in [0.2, 0.25) is 0 Å². The number of morpholine rings is 1. The smallest absolute Gasteiger partial charge is 0.318 e. The highest BCUT2D eigenvalue weighted by molar-refractivity contribution is 7.99. The van der Waals surface area contributed by atoms with Gasteiger partial charge in [0.05, 0.1) is 25.7 Å². The van der Waals surface area contributed by atoms with Crippen molar-refractivity contribution in [2.75, 3.05) is 26.0 Å². The number of nitrogens with zero attached hydrogens (tertiary/aromatic N) is 1. The van der Waals surface area contributed by atoms with E-state index in [0.29, 0.717) is 25.0 Å². The van der Waals surface area contributed by atoms with Crippen molar-refractivity contribution < 1.29 is 19.4 Å². The van der Waals surface area contributed by atoms with Crippen molar-refractivity contribution in [2.24, 2.45) is 0 Å². The maximum absolute atomic E-state index is 12.5. The van der Waals surface area contributed by atoms with Crippen molar-refractivity contribution in [3.63, 3.8) is 0 Å². The molecule has 6 nitrogen and oxygen atoms in total. The Kier molecular flexibility index (Phi) is 6.17. The van der Waals surface area contributed by atoms with Crippen LogP contribution in [0.15, 0.2) is 0 Å².